The summed E-state index contributed by atoms with van der Waals surface area (Å²) in [5, 5.41) is 0. The molecule has 76 valence electrons. The maximum atomic E-state index is 11.8. The topological polar surface area (TPSA) is 35.2 Å². The molecule has 0 bridgehead atoms. The van der Waals surface area contributed by atoms with Crippen LogP contribution in [0.1, 0.15) is 12.0 Å². The van der Waals surface area contributed by atoms with Crippen molar-refractivity contribution in [2.24, 2.45) is 5.73 Å². The van der Waals surface area contributed by atoms with Crippen molar-refractivity contribution in [1.82, 2.24) is 0 Å². The molecule has 0 aliphatic rings. The van der Waals surface area contributed by atoms with Gasteiger partial charge in [-0.3, -0.25) is 4.39 Å². The molecule has 0 fully saturated rings. The van der Waals surface area contributed by atoms with Crippen molar-refractivity contribution in [3.05, 3.63) is 29.8 Å². The zero-order chi connectivity index (χ0) is 10.4. The number of thiocarbonyl (C=S) groups is 1. The van der Waals surface area contributed by atoms with Gasteiger partial charge in [-0.05, 0) is 24.3 Å². The molecule has 0 saturated carbocycles. The van der Waals surface area contributed by atoms with E-state index < -0.39 is 0 Å². The highest BCUT2D eigenvalue weighted by Crippen LogP contribution is 2.12. The Hall–Kier alpha value is -1.16. The highest BCUT2D eigenvalue weighted by atomic mass is 32.1. The number of hydrogen-bond acceptors (Lipinski definition) is 2. The first-order valence-corrected chi connectivity index (χ1v) is 4.73. The van der Waals surface area contributed by atoms with Gasteiger partial charge < -0.3 is 10.5 Å². The average molecular weight is 213 g/mol. The van der Waals surface area contributed by atoms with Crippen molar-refractivity contribution < 1.29 is 9.13 Å². The molecular weight excluding hydrogens is 201 g/mol. The monoisotopic (exact) mass is 213 g/mol. The van der Waals surface area contributed by atoms with Crippen LogP contribution in [0.5, 0.6) is 5.75 Å². The molecule has 4 heteroatoms. The molecule has 0 aliphatic carbocycles. The van der Waals surface area contributed by atoms with Gasteiger partial charge in [-0.25, -0.2) is 0 Å². The molecule has 0 saturated heterocycles. The van der Waals surface area contributed by atoms with E-state index in [4.69, 9.17) is 22.7 Å². The average Bonchev–Trinajstić information content (AvgIpc) is 2.19. The van der Waals surface area contributed by atoms with Crippen LogP contribution in [0.25, 0.3) is 0 Å². The van der Waals surface area contributed by atoms with Crippen LogP contribution in [0.15, 0.2) is 24.3 Å². The number of alkyl halides is 1. The highest BCUT2D eigenvalue weighted by Gasteiger charge is 1.97. The number of ether oxygens (including phenoxy) is 1. The second-order valence-electron chi connectivity index (χ2n) is 2.78. The molecule has 14 heavy (non-hydrogen) atoms. The Morgan fingerprint density at radius 1 is 1.36 bits per heavy atom. The molecule has 0 atom stereocenters. The van der Waals surface area contributed by atoms with Crippen LogP contribution >= 0.6 is 12.2 Å². The van der Waals surface area contributed by atoms with Gasteiger partial charge in [-0.2, -0.15) is 0 Å². The molecule has 0 aliphatic heterocycles. The van der Waals surface area contributed by atoms with Gasteiger partial charge in [-0.1, -0.05) is 12.2 Å². The molecule has 1 rings (SSSR count). The minimum Gasteiger partial charge on any atom is -0.493 e. The van der Waals surface area contributed by atoms with Crippen LogP contribution in [-0.4, -0.2) is 18.3 Å². The van der Waals surface area contributed by atoms with Gasteiger partial charge in [0.05, 0.1) is 13.3 Å². The van der Waals surface area contributed by atoms with Gasteiger partial charge in [0.15, 0.2) is 0 Å². The Morgan fingerprint density at radius 3 is 2.50 bits per heavy atom. The van der Waals surface area contributed by atoms with Gasteiger partial charge in [0.25, 0.3) is 0 Å². The lowest BCUT2D eigenvalue weighted by atomic mass is 10.2. The molecule has 0 aromatic heterocycles. The highest BCUT2D eigenvalue weighted by molar-refractivity contribution is 7.80. The third-order valence-electron chi connectivity index (χ3n) is 1.69. The maximum absolute atomic E-state index is 11.8. The van der Waals surface area contributed by atoms with Crippen LogP contribution in [-0.2, 0) is 0 Å². The van der Waals surface area contributed by atoms with Crippen LogP contribution < -0.4 is 10.5 Å². The van der Waals surface area contributed by atoms with Crippen LogP contribution in [0.2, 0.25) is 0 Å². The van der Waals surface area contributed by atoms with Crippen molar-refractivity contribution in [3.63, 3.8) is 0 Å². The predicted molar refractivity (Wildman–Crippen MR) is 58.4 cm³/mol. The quantitative estimate of drug-likeness (QED) is 0.600. The molecule has 1 aromatic rings. The van der Waals surface area contributed by atoms with Gasteiger partial charge in [0, 0.05) is 12.0 Å². The molecule has 0 spiro atoms. The summed E-state index contributed by atoms with van der Waals surface area (Å²) in [6.07, 6.45) is 0.414. The van der Waals surface area contributed by atoms with Crippen molar-refractivity contribution in [2.45, 2.75) is 6.42 Å². The van der Waals surface area contributed by atoms with E-state index in [1.54, 1.807) is 24.3 Å². The zero-order valence-electron chi connectivity index (χ0n) is 7.70. The lowest BCUT2D eigenvalue weighted by Gasteiger charge is -2.05. The van der Waals surface area contributed by atoms with Crippen molar-refractivity contribution in [2.75, 3.05) is 13.3 Å². The summed E-state index contributed by atoms with van der Waals surface area (Å²) >= 11 is 4.80. The summed E-state index contributed by atoms with van der Waals surface area (Å²) < 4.78 is 17.0. The Morgan fingerprint density at radius 2 is 2.00 bits per heavy atom. The fourth-order valence-electron chi connectivity index (χ4n) is 0.960. The van der Waals surface area contributed by atoms with Crippen molar-refractivity contribution >= 4 is 17.2 Å². The first-order valence-electron chi connectivity index (χ1n) is 4.32. The van der Waals surface area contributed by atoms with Gasteiger partial charge in [0.1, 0.15) is 10.7 Å². The lowest BCUT2D eigenvalue weighted by Crippen LogP contribution is -2.08. The smallest absolute Gasteiger partial charge is 0.119 e. The Labute approximate surface area is 87.9 Å². The fourth-order valence-corrected chi connectivity index (χ4v) is 1.10. The standard InChI is InChI=1S/C10H12FNOS/c11-6-1-7-13-9-4-2-8(3-5-9)10(12)14/h2-5H,1,6-7H2,(H2,12,14). The van der Waals surface area contributed by atoms with E-state index in [1.807, 2.05) is 0 Å². The Bertz CT molecular complexity index is 299. The Balaban J connectivity index is 2.51. The number of halogens is 1. The lowest BCUT2D eigenvalue weighted by molar-refractivity contribution is 0.289. The first-order chi connectivity index (χ1) is 6.74. The summed E-state index contributed by atoms with van der Waals surface area (Å²) in [6, 6.07) is 7.11. The third kappa shape index (κ3) is 3.30. The largest absolute Gasteiger partial charge is 0.493 e. The second kappa shape index (κ2) is 5.54. The predicted octanol–water partition coefficient (Wildman–Crippen LogP) is 2.06. The minimum atomic E-state index is -0.356. The van der Waals surface area contributed by atoms with E-state index in [2.05, 4.69) is 0 Å². The van der Waals surface area contributed by atoms with Crippen LogP contribution in [0, 0.1) is 0 Å². The van der Waals surface area contributed by atoms with E-state index in [-0.39, 0.29) is 6.67 Å². The summed E-state index contributed by atoms with van der Waals surface area (Å²) in [4.78, 5) is 0.361. The van der Waals surface area contributed by atoms with Crippen LogP contribution in [0.4, 0.5) is 4.39 Å². The number of nitrogens with two attached hydrogens (primary N) is 1. The van der Waals surface area contributed by atoms with Gasteiger partial charge in [0.2, 0.25) is 0 Å². The minimum absolute atomic E-state index is 0.356. The normalized spacial score (nSPS) is 9.79. The number of benzene rings is 1. The SMILES string of the molecule is NC(=S)c1ccc(OCCCF)cc1. The molecule has 0 radical (unpaired) electrons. The maximum Gasteiger partial charge on any atom is 0.119 e. The first kappa shape index (κ1) is 10.9. The fraction of sp³-hybridized carbons (Fsp3) is 0.300. The number of rotatable bonds is 5. The summed E-state index contributed by atoms with van der Waals surface area (Å²) in [5.41, 5.74) is 6.23. The van der Waals surface area contributed by atoms with E-state index in [0.717, 1.165) is 5.56 Å². The van der Waals surface area contributed by atoms with Crippen LogP contribution in [0.3, 0.4) is 0 Å². The molecule has 2 N–H and O–H groups in total. The van der Waals surface area contributed by atoms with E-state index in [1.165, 1.54) is 0 Å². The third-order valence-corrected chi connectivity index (χ3v) is 1.92. The molecular formula is C10H12FNOS. The van der Waals surface area contributed by atoms with Crippen molar-refractivity contribution in [3.8, 4) is 5.75 Å². The van der Waals surface area contributed by atoms with E-state index >= 15 is 0 Å². The molecule has 0 heterocycles. The molecule has 0 unspecified atom stereocenters. The van der Waals surface area contributed by atoms with Gasteiger partial charge in [-0.15, -0.1) is 0 Å². The van der Waals surface area contributed by atoms with Crippen molar-refractivity contribution in [1.29, 1.82) is 0 Å². The molecule has 2 nitrogen and oxygen atoms in total. The summed E-state index contributed by atoms with van der Waals surface area (Å²) in [7, 11) is 0. The summed E-state index contributed by atoms with van der Waals surface area (Å²) in [6.45, 7) is 0.0356. The molecule has 1 aromatic carbocycles. The van der Waals surface area contributed by atoms with Gasteiger partial charge >= 0.3 is 0 Å². The zero-order valence-corrected chi connectivity index (χ0v) is 8.52. The molecule has 0 amide bonds. The Kier molecular flexibility index (Phi) is 4.32. The number of hydrogen-bond donors (Lipinski definition) is 1. The van der Waals surface area contributed by atoms with E-state index in [0.29, 0.717) is 23.8 Å². The summed E-state index contributed by atoms with van der Waals surface area (Å²) in [5.74, 6) is 0.707. The second-order valence-corrected chi connectivity index (χ2v) is 3.22. The van der Waals surface area contributed by atoms with E-state index in [9.17, 15) is 4.39 Å².